The van der Waals surface area contributed by atoms with E-state index in [1.54, 1.807) is 13.4 Å². The Labute approximate surface area is 165 Å². The van der Waals surface area contributed by atoms with E-state index in [-0.39, 0.29) is 17.4 Å². The molecule has 1 aromatic heterocycles. The molecule has 2 aromatic carbocycles. The third-order valence-electron chi connectivity index (χ3n) is 5.84. The first-order valence-corrected chi connectivity index (χ1v) is 9.79. The second-order valence-corrected chi connectivity index (χ2v) is 8.22. The molecular formula is C23H27N3O2. The summed E-state index contributed by atoms with van der Waals surface area (Å²) in [6, 6.07) is 17.5. The molecule has 2 atom stereocenters. The van der Waals surface area contributed by atoms with Crippen molar-refractivity contribution in [3.8, 4) is 0 Å². The van der Waals surface area contributed by atoms with Crippen LogP contribution in [-0.4, -0.2) is 46.7 Å². The number of methoxy groups -OCH3 is 1. The zero-order valence-electron chi connectivity index (χ0n) is 16.7. The topological polar surface area (TPSA) is 47.4 Å². The number of fused-ring (bicyclic) bond motifs is 1. The van der Waals surface area contributed by atoms with E-state index in [2.05, 4.69) is 18.8 Å². The van der Waals surface area contributed by atoms with Crippen molar-refractivity contribution in [2.75, 3.05) is 20.2 Å². The molecule has 0 bridgehead atoms. The van der Waals surface area contributed by atoms with Gasteiger partial charge in [0.2, 0.25) is 5.91 Å². The number of benzene rings is 2. The zero-order chi connectivity index (χ0) is 19.7. The van der Waals surface area contributed by atoms with Gasteiger partial charge in [0.25, 0.3) is 0 Å². The van der Waals surface area contributed by atoms with Gasteiger partial charge in [-0.05, 0) is 24.1 Å². The predicted molar refractivity (Wildman–Crippen MR) is 110 cm³/mol. The maximum Gasteiger partial charge on any atom is 0.250 e. The first kappa shape index (κ1) is 18.7. The second kappa shape index (κ2) is 7.40. The molecule has 28 heavy (non-hydrogen) atoms. The molecule has 0 spiro atoms. The number of rotatable bonds is 4. The van der Waals surface area contributed by atoms with Crippen molar-refractivity contribution in [1.82, 2.24) is 14.5 Å². The van der Waals surface area contributed by atoms with Crippen LogP contribution in [0.4, 0.5) is 0 Å². The van der Waals surface area contributed by atoms with Crippen LogP contribution in [0.2, 0.25) is 0 Å². The lowest BCUT2D eigenvalue weighted by atomic mass is 9.80. The molecule has 5 nitrogen and oxygen atoms in total. The normalized spacial score (nSPS) is 20.2. The number of carbonyl (C=O) groups is 1. The van der Waals surface area contributed by atoms with E-state index in [1.807, 2.05) is 64.1 Å². The molecule has 1 fully saturated rings. The highest BCUT2D eigenvalue weighted by atomic mass is 16.5. The van der Waals surface area contributed by atoms with Crippen LogP contribution >= 0.6 is 0 Å². The molecule has 1 saturated heterocycles. The third-order valence-corrected chi connectivity index (χ3v) is 5.84. The van der Waals surface area contributed by atoms with Gasteiger partial charge in [-0.3, -0.25) is 4.79 Å². The Bertz CT molecular complexity index is 964. The summed E-state index contributed by atoms with van der Waals surface area (Å²) in [5.41, 5.74) is 2.76. The van der Waals surface area contributed by atoms with Crippen LogP contribution in [0.3, 0.4) is 0 Å². The Morgan fingerprint density at radius 3 is 2.57 bits per heavy atom. The lowest BCUT2D eigenvalue weighted by molar-refractivity contribution is -0.141. The maximum atomic E-state index is 13.8. The molecule has 146 valence electrons. The summed E-state index contributed by atoms with van der Waals surface area (Å²) < 4.78 is 7.66. The predicted octanol–water partition coefficient (Wildman–Crippen LogP) is 3.90. The molecule has 1 aliphatic rings. The number of aromatic nitrogens is 2. The number of piperidine rings is 1. The Morgan fingerprint density at radius 1 is 1.14 bits per heavy atom. The van der Waals surface area contributed by atoms with Crippen molar-refractivity contribution in [1.29, 1.82) is 0 Å². The molecule has 4 rings (SSSR count). The molecule has 0 aliphatic carbocycles. The number of amides is 1. The summed E-state index contributed by atoms with van der Waals surface area (Å²) in [5.74, 6) is 0.108. The van der Waals surface area contributed by atoms with Crippen LogP contribution in [0.25, 0.3) is 11.0 Å². The summed E-state index contributed by atoms with van der Waals surface area (Å²) in [7, 11) is 1.76. The molecule has 2 heterocycles. The Balaban J connectivity index is 1.74. The molecule has 0 N–H and O–H groups in total. The average molecular weight is 377 g/mol. The summed E-state index contributed by atoms with van der Waals surface area (Å²) in [4.78, 5) is 20.3. The van der Waals surface area contributed by atoms with Gasteiger partial charge in [-0.2, -0.15) is 0 Å². The molecule has 2 unspecified atom stereocenters. The van der Waals surface area contributed by atoms with E-state index < -0.39 is 6.04 Å². The van der Waals surface area contributed by atoms with E-state index in [1.165, 1.54) is 0 Å². The molecule has 1 amide bonds. The van der Waals surface area contributed by atoms with Gasteiger partial charge in [-0.1, -0.05) is 56.3 Å². The quantitative estimate of drug-likeness (QED) is 0.693. The van der Waals surface area contributed by atoms with Gasteiger partial charge in [0.15, 0.2) is 0 Å². The highest BCUT2D eigenvalue weighted by Gasteiger charge is 2.40. The Hall–Kier alpha value is -2.66. The maximum absolute atomic E-state index is 13.8. The lowest BCUT2D eigenvalue weighted by Crippen LogP contribution is -2.52. The van der Waals surface area contributed by atoms with Crippen LogP contribution in [-0.2, 0) is 9.53 Å². The van der Waals surface area contributed by atoms with Gasteiger partial charge >= 0.3 is 0 Å². The third kappa shape index (κ3) is 3.31. The number of nitrogens with zero attached hydrogens (tertiary/aromatic N) is 3. The first-order valence-electron chi connectivity index (χ1n) is 9.79. The summed E-state index contributed by atoms with van der Waals surface area (Å²) in [6.07, 6.45) is 2.80. The van der Waals surface area contributed by atoms with Crippen molar-refractivity contribution >= 4 is 16.9 Å². The van der Waals surface area contributed by atoms with Gasteiger partial charge in [-0.15, -0.1) is 0 Å². The standard InChI is InChI=1S/C23H27N3O2/c1-23(2)15-25(14-13-20(23)28-3)22(27)21(17-9-5-4-6-10-17)26-16-24-18-11-7-8-12-19(18)26/h4-12,16,20-21H,13-15H2,1-3H3. The van der Waals surface area contributed by atoms with Crippen molar-refractivity contribution in [3.63, 3.8) is 0 Å². The smallest absolute Gasteiger partial charge is 0.250 e. The van der Waals surface area contributed by atoms with E-state index in [4.69, 9.17) is 4.74 Å². The summed E-state index contributed by atoms with van der Waals surface area (Å²) in [5, 5.41) is 0. The monoisotopic (exact) mass is 377 g/mol. The van der Waals surface area contributed by atoms with Crippen LogP contribution in [0, 0.1) is 5.41 Å². The molecule has 3 aromatic rings. The van der Waals surface area contributed by atoms with Crippen molar-refractivity contribution in [3.05, 3.63) is 66.5 Å². The minimum absolute atomic E-state index is 0.0824. The van der Waals surface area contributed by atoms with E-state index >= 15 is 0 Å². The van der Waals surface area contributed by atoms with Gasteiger partial charge < -0.3 is 14.2 Å². The highest BCUT2D eigenvalue weighted by molar-refractivity contribution is 5.86. The number of imidazole rings is 1. The minimum Gasteiger partial charge on any atom is -0.381 e. The number of hydrogen-bond acceptors (Lipinski definition) is 3. The number of hydrogen-bond donors (Lipinski definition) is 0. The Kier molecular flexibility index (Phi) is 4.94. The van der Waals surface area contributed by atoms with Gasteiger partial charge in [0, 0.05) is 25.6 Å². The molecule has 0 saturated carbocycles. The second-order valence-electron chi connectivity index (χ2n) is 8.22. The van der Waals surface area contributed by atoms with Crippen LogP contribution in [0.1, 0.15) is 31.9 Å². The largest absolute Gasteiger partial charge is 0.381 e. The number of ether oxygens (including phenoxy) is 1. The molecule has 5 heteroatoms. The lowest BCUT2D eigenvalue weighted by Gasteiger charge is -2.44. The minimum atomic E-state index is -0.427. The van der Waals surface area contributed by atoms with Gasteiger partial charge in [0.05, 0.1) is 23.5 Å². The van der Waals surface area contributed by atoms with Crippen LogP contribution < -0.4 is 0 Å². The summed E-state index contributed by atoms with van der Waals surface area (Å²) in [6.45, 7) is 5.73. The van der Waals surface area contributed by atoms with Crippen molar-refractivity contribution in [2.45, 2.75) is 32.4 Å². The fraction of sp³-hybridized carbons (Fsp3) is 0.391. The molecule has 1 aliphatic heterocycles. The molecular weight excluding hydrogens is 350 g/mol. The average Bonchev–Trinajstić information content (AvgIpc) is 3.12. The summed E-state index contributed by atoms with van der Waals surface area (Å²) >= 11 is 0. The molecule has 0 radical (unpaired) electrons. The number of likely N-dealkylation sites (tertiary alicyclic amines) is 1. The fourth-order valence-electron chi connectivity index (χ4n) is 4.38. The number of para-hydroxylation sites is 2. The fourth-order valence-corrected chi connectivity index (χ4v) is 4.38. The van der Waals surface area contributed by atoms with Crippen molar-refractivity contribution in [2.24, 2.45) is 5.41 Å². The van der Waals surface area contributed by atoms with Crippen LogP contribution in [0.15, 0.2) is 60.9 Å². The van der Waals surface area contributed by atoms with E-state index in [0.717, 1.165) is 23.0 Å². The van der Waals surface area contributed by atoms with E-state index in [9.17, 15) is 4.79 Å². The highest BCUT2D eigenvalue weighted by Crippen LogP contribution is 2.34. The Morgan fingerprint density at radius 2 is 1.86 bits per heavy atom. The van der Waals surface area contributed by atoms with Gasteiger partial charge in [0.1, 0.15) is 6.04 Å². The van der Waals surface area contributed by atoms with Gasteiger partial charge in [-0.25, -0.2) is 4.98 Å². The number of carbonyl (C=O) groups excluding carboxylic acids is 1. The SMILES string of the molecule is COC1CCN(C(=O)C(c2ccccc2)n2cnc3ccccc32)CC1(C)C. The zero-order valence-corrected chi connectivity index (χ0v) is 16.7. The van der Waals surface area contributed by atoms with Crippen molar-refractivity contribution < 1.29 is 9.53 Å². The van der Waals surface area contributed by atoms with Crippen LogP contribution in [0.5, 0.6) is 0 Å². The van der Waals surface area contributed by atoms with E-state index in [0.29, 0.717) is 13.1 Å². The first-order chi connectivity index (χ1) is 13.5.